The van der Waals surface area contributed by atoms with Gasteiger partial charge in [-0.25, -0.2) is 0 Å². The van der Waals surface area contributed by atoms with E-state index in [0.29, 0.717) is 46.7 Å². The largest absolute Gasteiger partial charge is 0.494 e. The number of amides is 1. The third-order valence-corrected chi connectivity index (χ3v) is 5.14. The van der Waals surface area contributed by atoms with Crippen LogP contribution in [0.15, 0.2) is 66.2 Å². The second-order valence-corrected chi connectivity index (χ2v) is 7.80. The van der Waals surface area contributed by atoms with Crippen molar-refractivity contribution in [1.29, 1.82) is 5.26 Å². The van der Waals surface area contributed by atoms with Gasteiger partial charge in [-0.05, 0) is 67.4 Å². The summed E-state index contributed by atoms with van der Waals surface area (Å²) < 4.78 is 16.7. The molecule has 0 aliphatic carbocycles. The Morgan fingerprint density at radius 1 is 1.09 bits per heavy atom. The summed E-state index contributed by atoms with van der Waals surface area (Å²) in [5, 5.41) is 12.6. The summed E-state index contributed by atoms with van der Waals surface area (Å²) in [6.07, 6.45) is 1.45. The van der Waals surface area contributed by atoms with Crippen molar-refractivity contribution >= 4 is 29.3 Å². The maximum Gasteiger partial charge on any atom is 0.266 e. The lowest BCUT2D eigenvalue weighted by molar-refractivity contribution is -0.112. The molecule has 3 aromatic carbocycles. The van der Waals surface area contributed by atoms with E-state index in [4.69, 9.17) is 25.8 Å². The Bertz CT molecular complexity index is 1210. The van der Waals surface area contributed by atoms with Gasteiger partial charge in [0, 0.05) is 5.69 Å². The van der Waals surface area contributed by atoms with Gasteiger partial charge < -0.3 is 19.5 Å². The molecule has 0 aromatic heterocycles. The molecule has 0 spiro atoms. The van der Waals surface area contributed by atoms with Crippen LogP contribution in [0.3, 0.4) is 0 Å². The molecule has 0 heterocycles. The third-order valence-electron chi connectivity index (χ3n) is 4.85. The molecule has 0 atom stereocenters. The van der Waals surface area contributed by atoms with Gasteiger partial charge in [0.05, 0.1) is 18.7 Å². The third kappa shape index (κ3) is 6.53. The average molecular weight is 477 g/mol. The number of methoxy groups -OCH3 is 1. The summed E-state index contributed by atoms with van der Waals surface area (Å²) in [5.41, 5.74) is 3.15. The quantitative estimate of drug-likeness (QED) is 0.294. The van der Waals surface area contributed by atoms with Gasteiger partial charge in [-0.3, -0.25) is 4.79 Å². The Kier molecular flexibility index (Phi) is 8.55. The maximum atomic E-state index is 12.6. The van der Waals surface area contributed by atoms with Crippen LogP contribution in [0.4, 0.5) is 5.69 Å². The van der Waals surface area contributed by atoms with Crippen molar-refractivity contribution in [3.8, 4) is 23.3 Å². The fourth-order valence-corrected chi connectivity index (χ4v) is 3.39. The number of halogens is 1. The molecule has 34 heavy (non-hydrogen) atoms. The topological polar surface area (TPSA) is 80.6 Å². The number of carbonyl (C=O) groups excluding carboxylic acids is 1. The monoisotopic (exact) mass is 476 g/mol. The first-order valence-electron chi connectivity index (χ1n) is 10.7. The van der Waals surface area contributed by atoms with E-state index < -0.39 is 5.91 Å². The first kappa shape index (κ1) is 24.7. The minimum absolute atomic E-state index is 0.0830. The molecule has 174 valence electrons. The molecular weight excluding hydrogens is 452 g/mol. The lowest BCUT2D eigenvalue weighted by Gasteiger charge is -2.14. The predicted molar refractivity (Wildman–Crippen MR) is 133 cm³/mol. The number of ether oxygens (including phenoxy) is 3. The minimum atomic E-state index is -0.540. The zero-order valence-electron chi connectivity index (χ0n) is 19.2. The van der Waals surface area contributed by atoms with Crippen molar-refractivity contribution in [3.63, 3.8) is 0 Å². The fraction of sp³-hybridized carbons (Fsp3) is 0.185. The second-order valence-electron chi connectivity index (χ2n) is 7.39. The first-order chi connectivity index (χ1) is 16.4. The van der Waals surface area contributed by atoms with Crippen LogP contribution in [-0.4, -0.2) is 19.6 Å². The molecule has 6 nitrogen and oxygen atoms in total. The smallest absolute Gasteiger partial charge is 0.266 e. The van der Waals surface area contributed by atoms with Crippen molar-refractivity contribution in [3.05, 3.63) is 87.9 Å². The van der Waals surface area contributed by atoms with Crippen molar-refractivity contribution in [1.82, 2.24) is 0 Å². The number of nitrogens with one attached hydrogen (secondary N) is 1. The van der Waals surface area contributed by atoms with Crippen molar-refractivity contribution in [2.45, 2.75) is 20.5 Å². The van der Waals surface area contributed by atoms with Gasteiger partial charge in [-0.2, -0.15) is 5.26 Å². The van der Waals surface area contributed by atoms with Gasteiger partial charge in [0.15, 0.2) is 11.5 Å². The summed E-state index contributed by atoms with van der Waals surface area (Å²) in [7, 11) is 1.50. The lowest BCUT2D eigenvalue weighted by Crippen LogP contribution is -2.13. The molecule has 0 aliphatic rings. The van der Waals surface area contributed by atoms with E-state index in [1.165, 1.54) is 13.2 Å². The summed E-state index contributed by atoms with van der Waals surface area (Å²) in [6, 6.07) is 20.1. The number of nitriles is 1. The molecule has 0 radical (unpaired) electrons. The van der Waals surface area contributed by atoms with Crippen LogP contribution in [-0.2, 0) is 11.4 Å². The Balaban J connectivity index is 1.77. The van der Waals surface area contributed by atoms with E-state index in [1.807, 2.05) is 44.2 Å². The van der Waals surface area contributed by atoms with Crippen LogP contribution in [0.25, 0.3) is 6.08 Å². The SMILES string of the molecule is CCOc1ccc(NC(=O)/C(C#N)=C\c2cc(Cl)c(OCc3ccc(C)cc3)c(OC)c2)cc1. The van der Waals surface area contributed by atoms with E-state index in [-0.39, 0.29) is 5.57 Å². The van der Waals surface area contributed by atoms with Crippen LogP contribution in [0.2, 0.25) is 5.02 Å². The number of nitrogens with zero attached hydrogens (tertiary/aromatic N) is 1. The molecule has 0 bridgehead atoms. The van der Waals surface area contributed by atoms with E-state index >= 15 is 0 Å². The van der Waals surface area contributed by atoms with Crippen molar-refractivity contribution in [2.24, 2.45) is 0 Å². The predicted octanol–water partition coefficient (Wildman–Crippen LogP) is 6.18. The molecule has 0 fully saturated rings. The zero-order valence-corrected chi connectivity index (χ0v) is 20.0. The lowest BCUT2D eigenvalue weighted by atomic mass is 10.1. The molecule has 0 unspecified atom stereocenters. The van der Waals surface area contributed by atoms with Crippen LogP contribution >= 0.6 is 11.6 Å². The van der Waals surface area contributed by atoms with Crippen molar-refractivity contribution < 1.29 is 19.0 Å². The molecule has 0 saturated heterocycles. The fourth-order valence-electron chi connectivity index (χ4n) is 3.12. The number of carbonyl (C=O) groups is 1. The van der Waals surface area contributed by atoms with Gasteiger partial charge >= 0.3 is 0 Å². The highest BCUT2D eigenvalue weighted by Crippen LogP contribution is 2.37. The number of aryl methyl sites for hydroxylation is 1. The highest BCUT2D eigenvalue weighted by Gasteiger charge is 2.15. The van der Waals surface area contributed by atoms with Crippen LogP contribution < -0.4 is 19.5 Å². The van der Waals surface area contributed by atoms with E-state index in [9.17, 15) is 10.1 Å². The standard InChI is InChI=1S/C27H25ClN2O4/c1-4-33-23-11-9-22(10-12-23)30-27(31)21(16-29)13-20-14-24(28)26(25(15-20)32-3)34-17-19-7-5-18(2)6-8-19/h5-15H,4,17H2,1-3H3,(H,30,31)/b21-13-. The molecule has 7 heteroatoms. The molecule has 1 N–H and O–H groups in total. The number of benzene rings is 3. The number of hydrogen-bond acceptors (Lipinski definition) is 5. The number of rotatable bonds is 9. The molecule has 3 aromatic rings. The summed E-state index contributed by atoms with van der Waals surface area (Å²) in [4.78, 5) is 12.6. The van der Waals surface area contributed by atoms with Crippen molar-refractivity contribution in [2.75, 3.05) is 19.0 Å². The molecule has 0 aliphatic heterocycles. The summed E-state index contributed by atoms with van der Waals surface area (Å²) >= 11 is 6.45. The van der Waals surface area contributed by atoms with Crippen LogP contribution in [0.5, 0.6) is 17.2 Å². The van der Waals surface area contributed by atoms with E-state index in [2.05, 4.69) is 5.32 Å². The summed E-state index contributed by atoms with van der Waals surface area (Å²) in [6.45, 7) is 4.78. The Morgan fingerprint density at radius 2 is 1.79 bits per heavy atom. The molecule has 0 saturated carbocycles. The van der Waals surface area contributed by atoms with E-state index in [0.717, 1.165) is 11.1 Å². The van der Waals surface area contributed by atoms with Gasteiger partial charge in [0.2, 0.25) is 0 Å². The minimum Gasteiger partial charge on any atom is -0.494 e. The summed E-state index contributed by atoms with van der Waals surface area (Å²) in [5.74, 6) is 0.943. The highest BCUT2D eigenvalue weighted by molar-refractivity contribution is 6.32. The average Bonchev–Trinajstić information content (AvgIpc) is 2.84. The first-order valence-corrected chi connectivity index (χ1v) is 11.0. The van der Waals surface area contributed by atoms with Gasteiger partial charge in [0.25, 0.3) is 5.91 Å². The van der Waals surface area contributed by atoms with Gasteiger partial charge in [0.1, 0.15) is 24.0 Å². The van der Waals surface area contributed by atoms with Gasteiger partial charge in [-0.1, -0.05) is 41.4 Å². The number of anilines is 1. The Labute approximate surface area is 204 Å². The maximum absolute atomic E-state index is 12.6. The number of hydrogen-bond donors (Lipinski definition) is 1. The molecule has 1 amide bonds. The normalized spacial score (nSPS) is 10.9. The Morgan fingerprint density at radius 3 is 2.41 bits per heavy atom. The molecular formula is C27H25ClN2O4. The second kappa shape index (κ2) is 11.8. The van der Waals surface area contributed by atoms with E-state index in [1.54, 1.807) is 36.4 Å². The zero-order chi connectivity index (χ0) is 24.5. The van der Waals surface area contributed by atoms with Gasteiger partial charge in [-0.15, -0.1) is 0 Å². The highest BCUT2D eigenvalue weighted by atomic mass is 35.5. The van der Waals surface area contributed by atoms with Crippen LogP contribution in [0, 0.1) is 18.3 Å². The van der Waals surface area contributed by atoms with Crippen LogP contribution in [0.1, 0.15) is 23.6 Å². The molecule has 3 rings (SSSR count). The Hall–Kier alpha value is -3.95.